The van der Waals surface area contributed by atoms with Crippen LogP contribution < -0.4 is 10.2 Å². The fourth-order valence-electron chi connectivity index (χ4n) is 4.98. The number of para-hydroxylation sites is 1. The number of anilines is 2. The monoisotopic (exact) mass is 419 g/mol. The van der Waals surface area contributed by atoms with Crippen LogP contribution in [0, 0.1) is 5.41 Å². The number of piperidine rings is 1. The van der Waals surface area contributed by atoms with Crippen molar-refractivity contribution in [2.24, 2.45) is 5.41 Å². The number of nitrogens with zero attached hydrogens (tertiary/aromatic N) is 4. The largest absolute Gasteiger partial charge is 0.369 e. The van der Waals surface area contributed by atoms with Gasteiger partial charge in [-0.2, -0.15) is 0 Å². The van der Waals surface area contributed by atoms with Crippen molar-refractivity contribution in [2.75, 3.05) is 42.7 Å². The quantitative estimate of drug-likeness (QED) is 0.741. The summed E-state index contributed by atoms with van der Waals surface area (Å²) >= 11 is 1.79. The fourth-order valence-corrected chi connectivity index (χ4v) is 5.55. The lowest BCUT2D eigenvalue weighted by Gasteiger charge is -2.46. The molecule has 1 spiro atoms. The number of aromatic nitrogens is 2. The Bertz CT molecular complexity index is 902. The van der Waals surface area contributed by atoms with Crippen molar-refractivity contribution in [3.63, 3.8) is 0 Å². The van der Waals surface area contributed by atoms with Crippen molar-refractivity contribution in [2.45, 2.75) is 44.1 Å². The third-order valence-electron chi connectivity index (χ3n) is 7.02. The Labute approximate surface area is 174 Å². The van der Waals surface area contributed by atoms with E-state index in [1.165, 1.54) is 0 Å². The van der Waals surface area contributed by atoms with Gasteiger partial charge >= 0.3 is 0 Å². The van der Waals surface area contributed by atoms with E-state index in [1.54, 1.807) is 11.9 Å². The van der Waals surface area contributed by atoms with E-state index >= 15 is 0 Å². The Kier molecular flexibility index (Phi) is 4.81. The highest BCUT2D eigenvalue weighted by Gasteiger charge is 2.63. The Morgan fingerprint density at radius 3 is 2.62 bits per heavy atom. The maximum Gasteiger partial charge on any atom is 0.255 e. The molecule has 3 aliphatic rings. The molecule has 1 N–H and O–H groups in total. The predicted molar refractivity (Wildman–Crippen MR) is 115 cm³/mol. The van der Waals surface area contributed by atoms with Crippen LogP contribution in [-0.2, 0) is 0 Å². The molecule has 1 aliphatic carbocycles. The zero-order valence-electron chi connectivity index (χ0n) is 16.7. The van der Waals surface area contributed by atoms with Crippen LogP contribution in [0.25, 0.3) is 10.9 Å². The van der Waals surface area contributed by atoms with Crippen molar-refractivity contribution >= 4 is 34.5 Å². The van der Waals surface area contributed by atoms with Gasteiger partial charge < -0.3 is 10.2 Å². The van der Waals surface area contributed by atoms with Gasteiger partial charge in [0.2, 0.25) is 5.95 Å². The van der Waals surface area contributed by atoms with E-state index in [4.69, 9.17) is 4.98 Å². The second-order valence-corrected chi connectivity index (χ2v) is 9.48. The number of benzene rings is 1. The summed E-state index contributed by atoms with van der Waals surface area (Å²) < 4.78 is 30.8. The third-order valence-corrected chi connectivity index (χ3v) is 7.90. The summed E-state index contributed by atoms with van der Waals surface area (Å²) in [6.45, 7) is 3.19. The lowest BCUT2D eigenvalue weighted by Crippen LogP contribution is -2.52. The molecule has 29 heavy (non-hydrogen) atoms. The first-order chi connectivity index (χ1) is 14.0. The van der Waals surface area contributed by atoms with Gasteiger partial charge in [-0.25, -0.2) is 18.7 Å². The zero-order valence-corrected chi connectivity index (χ0v) is 17.5. The molecular formula is C21H27F2N5S. The van der Waals surface area contributed by atoms with Crippen LogP contribution in [0.5, 0.6) is 0 Å². The van der Waals surface area contributed by atoms with Crippen LogP contribution in [0.2, 0.25) is 0 Å². The van der Waals surface area contributed by atoms with E-state index in [0.29, 0.717) is 37.9 Å². The lowest BCUT2D eigenvalue weighted by molar-refractivity contribution is -0.190. The smallest absolute Gasteiger partial charge is 0.255 e. The summed E-state index contributed by atoms with van der Waals surface area (Å²) in [7, 11) is 0. The molecule has 2 aromatic rings. The molecule has 156 valence electrons. The van der Waals surface area contributed by atoms with E-state index in [9.17, 15) is 8.78 Å². The predicted octanol–water partition coefficient (Wildman–Crippen LogP) is 4.41. The van der Waals surface area contributed by atoms with Crippen molar-refractivity contribution in [3.8, 4) is 0 Å². The Hall–Kier alpha value is -1.67. The number of hydrogen-bond acceptors (Lipinski definition) is 6. The highest BCUT2D eigenvalue weighted by Crippen LogP contribution is 2.59. The Balaban J connectivity index is 1.37. The van der Waals surface area contributed by atoms with Gasteiger partial charge in [-0.1, -0.05) is 24.1 Å². The minimum absolute atomic E-state index is 0.0297. The van der Waals surface area contributed by atoms with Crippen LogP contribution in [0.15, 0.2) is 24.4 Å². The number of hydrogen-bond donors (Lipinski definition) is 1. The Morgan fingerprint density at radius 2 is 1.97 bits per heavy atom. The maximum atomic E-state index is 14.2. The van der Waals surface area contributed by atoms with Gasteiger partial charge in [0.15, 0.2) is 0 Å². The van der Waals surface area contributed by atoms with Gasteiger partial charge in [0.1, 0.15) is 0 Å². The van der Waals surface area contributed by atoms with E-state index in [2.05, 4.69) is 25.8 Å². The molecule has 8 heteroatoms. The van der Waals surface area contributed by atoms with Crippen LogP contribution >= 0.6 is 11.9 Å². The maximum absolute atomic E-state index is 14.2. The standard InChI is InChI=1S/C21H27F2N5S/c1-29-28-10-5-16(6-11-28)25-19-24-13-15-3-2-4-17(18(15)26-19)27-12-9-20(14-27)7-8-21(20,22)23/h2-4,13,16H,5-12,14H2,1H3,(H,24,25,26). The molecule has 1 atom stereocenters. The summed E-state index contributed by atoms with van der Waals surface area (Å²) in [5.74, 6) is -1.89. The van der Waals surface area contributed by atoms with Gasteiger partial charge in [-0.3, -0.25) is 4.31 Å². The molecular weight excluding hydrogens is 392 g/mol. The summed E-state index contributed by atoms with van der Waals surface area (Å²) in [4.78, 5) is 11.4. The first-order valence-corrected chi connectivity index (χ1v) is 11.6. The van der Waals surface area contributed by atoms with Gasteiger partial charge in [-0.15, -0.1) is 0 Å². The number of nitrogens with one attached hydrogen (secondary N) is 1. The highest BCUT2D eigenvalue weighted by molar-refractivity contribution is 7.96. The van der Waals surface area contributed by atoms with Crippen LogP contribution in [0.1, 0.15) is 32.1 Å². The van der Waals surface area contributed by atoms with Gasteiger partial charge in [0, 0.05) is 50.2 Å². The summed E-state index contributed by atoms with van der Waals surface area (Å²) in [6.07, 6.45) is 7.29. The lowest BCUT2D eigenvalue weighted by atomic mass is 9.64. The van der Waals surface area contributed by atoms with Crippen LogP contribution in [0.4, 0.5) is 20.4 Å². The molecule has 1 aromatic carbocycles. The molecule has 5 rings (SSSR count). The van der Waals surface area contributed by atoms with Crippen LogP contribution in [0.3, 0.4) is 0 Å². The van der Waals surface area contributed by atoms with Gasteiger partial charge in [0.05, 0.1) is 16.6 Å². The number of fused-ring (bicyclic) bond motifs is 1. The Morgan fingerprint density at radius 1 is 1.14 bits per heavy atom. The number of halogens is 2. The van der Waals surface area contributed by atoms with Crippen molar-refractivity contribution < 1.29 is 8.78 Å². The third kappa shape index (κ3) is 3.34. The van der Waals surface area contributed by atoms with Gasteiger partial charge in [-0.05, 0) is 38.0 Å². The first-order valence-electron chi connectivity index (χ1n) is 10.4. The van der Waals surface area contributed by atoms with E-state index in [-0.39, 0.29) is 6.42 Å². The molecule has 1 aromatic heterocycles. The fraction of sp³-hybridized carbons (Fsp3) is 0.619. The minimum Gasteiger partial charge on any atom is -0.369 e. The molecule has 1 saturated carbocycles. The minimum atomic E-state index is -2.53. The second kappa shape index (κ2) is 7.23. The first kappa shape index (κ1) is 19.3. The molecule has 0 bridgehead atoms. The second-order valence-electron chi connectivity index (χ2n) is 8.60. The van der Waals surface area contributed by atoms with Crippen molar-refractivity contribution in [3.05, 3.63) is 24.4 Å². The molecule has 1 unspecified atom stereocenters. The molecule has 2 saturated heterocycles. The number of alkyl halides is 2. The summed E-state index contributed by atoms with van der Waals surface area (Å²) in [6, 6.07) is 6.33. The average Bonchev–Trinajstić information content (AvgIpc) is 3.21. The van der Waals surface area contributed by atoms with Crippen LogP contribution in [-0.4, -0.2) is 58.7 Å². The summed E-state index contributed by atoms with van der Waals surface area (Å²) in [5.41, 5.74) is 0.963. The number of rotatable bonds is 4. The molecule has 2 aliphatic heterocycles. The topological polar surface area (TPSA) is 44.3 Å². The van der Waals surface area contributed by atoms with Gasteiger partial charge in [0.25, 0.3) is 5.92 Å². The highest BCUT2D eigenvalue weighted by atomic mass is 32.2. The zero-order chi connectivity index (χ0) is 20.1. The molecule has 5 nitrogen and oxygen atoms in total. The van der Waals surface area contributed by atoms with E-state index in [1.807, 2.05) is 24.4 Å². The average molecular weight is 420 g/mol. The molecule has 0 radical (unpaired) electrons. The normalized spacial score (nSPS) is 27.5. The summed E-state index contributed by atoms with van der Waals surface area (Å²) in [5, 5.41) is 4.44. The molecule has 3 heterocycles. The van der Waals surface area contributed by atoms with Crippen molar-refractivity contribution in [1.29, 1.82) is 0 Å². The van der Waals surface area contributed by atoms with E-state index < -0.39 is 11.3 Å². The molecule has 3 fully saturated rings. The molecule has 0 amide bonds. The van der Waals surface area contributed by atoms with E-state index in [0.717, 1.165) is 42.5 Å². The van der Waals surface area contributed by atoms with Crippen molar-refractivity contribution in [1.82, 2.24) is 14.3 Å². The SMILES string of the molecule is CSN1CCC(Nc2ncc3cccc(N4CCC5(CCC5(F)F)C4)c3n2)CC1.